The summed E-state index contributed by atoms with van der Waals surface area (Å²) >= 11 is 0. The number of esters is 4. The van der Waals surface area contributed by atoms with Gasteiger partial charge in [0.1, 0.15) is 13.2 Å². The Morgan fingerprint density at radius 2 is 1.32 bits per heavy atom. The van der Waals surface area contributed by atoms with Gasteiger partial charge in [-0.3, -0.25) is 9.59 Å². The Kier molecular flexibility index (Phi) is 14.3. The van der Waals surface area contributed by atoms with Gasteiger partial charge in [0.05, 0.1) is 12.8 Å². The first-order valence-corrected chi connectivity index (χ1v) is 9.64. The normalized spacial score (nSPS) is 10.4. The second kappa shape index (κ2) is 15.8. The Hall–Kier alpha value is -2.98. The Labute approximate surface area is 183 Å². The van der Waals surface area contributed by atoms with Crippen LogP contribution in [0.2, 0.25) is 0 Å². The summed E-state index contributed by atoms with van der Waals surface area (Å²) in [5, 5.41) is 0. The largest absolute Gasteiger partial charge is 0.464 e. The number of likely N-dealkylation sites (N-methyl/N-ethyl adjacent to an activating group) is 2. The molecular formula is C21H32N2O8. The molecule has 0 heterocycles. The Bertz CT molecular complexity index is 674. The van der Waals surface area contributed by atoms with E-state index in [1.807, 2.05) is 4.90 Å². The molecule has 10 nitrogen and oxygen atoms in total. The van der Waals surface area contributed by atoms with Crippen LogP contribution in [0.25, 0.3) is 0 Å². The van der Waals surface area contributed by atoms with Gasteiger partial charge in [0.25, 0.3) is 5.95 Å². The van der Waals surface area contributed by atoms with Crippen LogP contribution in [-0.4, -0.2) is 87.2 Å². The second-order valence-electron chi connectivity index (χ2n) is 6.71. The Morgan fingerprint density at radius 3 is 1.84 bits per heavy atom. The first kappa shape index (κ1) is 28.0. The van der Waals surface area contributed by atoms with E-state index in [1.165, 1.54) is 6.92 Å². The summed E-state index contributed by atoms with van der Waals surface area (Å²) in [7, 11) is 3.56. The summed E-state index contributed by atoms with van der Waals surface area (Å²) in [5.41, 5.74) is 0.159. The lowest BCUT2D eigenvalue weighted by atomic mass is 10.4. The third-order valence-electron chi connectivity index (χ3n) is 3.80. The number of nitrogens with zero attached hydrogens (tertiary/aromatic N) is 2. The minimum atomic E-state index is -0.723. The molecule has 0 spiro atoms. The maximum absolute atomic E-state index is 11.8. The molecule has 0 radical (unpaired) electrons. The third-order valence-corrected chi connectivity index (χ3v) is 3.80. The molecule has 0 aromatic carbocycles. The molecule has 0 aliphatic heterocycles. The quantitative estimate of drug-likeness (QED) is 0.149. The highest BCUT2D eigenvalue weighted by atomic mass is 16.7. The van der Waals surface area contributed by atoms with Crippen LogP contribution in [0.1, 0.15) is 19.8 Å². The highest BCUT2D eigenvalue weighted by molar-refractivity contribution is 5.87. The van der Waals surface area contributed by atoms with Crippen LogP contribution >= 0.6 is 0 Å². The summed E-state index contributed by atoms with van der Waals surface area (Å²) in [6, 6.07) is 0. The lowest BCUT2D eigenvalue weighted by molar-refractivity contribution is -0.152. The highest BCUT2D eigenvalue weighted by Gasteiger charge is 2.13. The first-order chi connectivity index (χ1) is 14.5. The average Bonchev–Trinajstić information content (AvgIpc) is 2.70. The van der Waals surface area contributed by atoms with Gasteiger partial charge in [-0.25, -0.2) is 9.59 Å². The third kappa shape index (κ3) is 15.5. The molecule has 0 unspecified atom stereocenters. The Morgan fingerprint density at radius 1 is 0.806 bits per heavy atom. The average molecular weight is 440 g/mol. The molecule has 0 bridgehead atoms. The summed E-state index contributed by atoms with van der Waals surface area (Å²) in [6.45, 7) is 13.6. The monoisotopic (exact) mass is 440 g/mol. The number of hydrogen-bond acceptors (Lipinski definition) is 10. The summed E-state index contributed by atoms with van der Waals surface area (Å²) in [5.74, 6) is -2.57. The van der Waals surface area contributed by atoms with Crippen molar-refractivity contribution in [3.8, 4) is 0 Å². The van der Waals surface area contributed by atoms with Gasteiger partial charge < -0.3 is 28.7 Å². The van der Waals surface area contributed by atoms with Crippen LogP contribution in [0.3, 0.4) is 0 Å². The molecule has 0 aliphatic carbocycles. The standard InChI is InChI=1S/C21H32N2O8/c1-7-18(24)28-14-12-22(5)10-8-19(25)29-15-13-23(6)11-9-20(26)30-17(4)31-21(27)16(2)3/h7H,1-2,4,8-15H2,3,5-6H3. The molecule has 31 heavy (non-hydrogen) atoms. The maximum Gasteiger partial charge on any atom is 0.340 e. The fraction of sp³-hybridized carbons (Fsp3) is 0.524. The van der Waals surface area contributed by atoms with Crippen molar-refractivity contribution in [3.63, 3.8) is 0 Å². The van der Waals surface area contributed by atoms with Crippen molar-refractivity contribution in [3.05, 3.63) is 37.3 Å². The van der Waals surface area contributed by atoms with Gasteiger partial charge >= 0.3 is 23.9 Å². The predicted octanol–water partition coefficient (Wildman–Crippen LogP) is 1.04. The molecule has 0 atom stereocenters. The summed E-state index contributed by atoms with van der Waals surface area (Å²) in [4.78, 5) is 49.4. The lowest BCUT2D eigenvalue weighted by Gasteiger charge is -2.17. The van der Waals surface area contributed by atoms with Gasteiger partial charge in [0, 0.05) is 37.8 Å². The molecule has 0 aromatic rings. The van der Waals surface area contributed by atoms with Crippen molar-refractivity contribution in [1.29, 1.82) is 0 Å². The number of carbonyl (C=O) groups is 4. The van der Waals surface area contributed by atoms with Crippen LogP contribution < -0.4 is 0 Å². The lowest BCUT2D eigenvalue weighted by Crippen LogP contribution is -2.29. The zero-order valence-electron chi connectivity index (χ0n) is 18.5. The SMILES string of the molecule is C=CC(=O)OCCN(C)CCC(=O)OCCN(C)CCC(=O)OC(=C)OC(=O)C(=C)C. The van der Waals surface area contributed by atoms with Gasteiger partial charge in [-0.05, 0) is 27.6 Å². The van der Waals surface area contributed by atoms with E-state index in [2.05, 4.69) is 24.5 Å². The van der Waals surface area contributed by atoms with Gasteiger partial charge in [-0.2, -0.15) is 0 Å². The van der Waals surface area contributed by atoms with E-state index in [-0.39, 0.29) is 37.6 Å². The summed E-state index contributed by atoms with van der Waals surface area (Å²) in [6.07, 6.45) is 1.33. The fourth-order valence-electron chi connectivity index (χ4n) is 1.93. The van der Waals surface area contributed by atoms with Gasteiger partial charge in [0.15, 0.2) is 0 Å². The topological polar surface area (TPSA) is 112 Å². The molecule has 0 amide bonds. The minimum Gasteiger partial charge on any atom is -0.464 e. The van der Waals surface area contributed by atoms with Gasteiger partial charge in [0.2, 0.25) is 0 Å². The molecular weight excluding hydrogens is 408 g/mol. The van der Waals surface area contributed by atoms with Crippen LogP contribution in [0.5, 0.6) is 0 Å². The van der Waals surface area contributed by atoms with Crippen LogP contribution in [0, 0.1) is 0 Å². The smallest absolute Gasteiger partial charge is 0.340 e. The molecule has 10 heteroatoms. The molecule has 0 saturated carbocycles. The van der Waals surface area contributed by atoms with Crippen molar-refractivity contribution >= 4 is 23.9 Å². The van der Waals surface area contributed by atoms with Crippen molar-refractivity contribution in [2.24, 2.45) is 0 Å². The van der Waals surface area contributed by atoms with Crippen LogP contribution in [0.4, 0.5) is 0 Å². The molecule has 0 fully saturated rings. The number of carbonyl (C=O) groups excluding carboxylic acids is 4. The van der Waals surface area contributed by atoms with Crippen LogP contribution in [0.15, 0.2) is 37.3 Å². The Balaban J connectivity index is 3.88. The van der Waals surface area contributed by atoms with E-state index >= 15 is 0 Å². The van der Waals surface area contributed by atoms with E-state index < -0.39 is 23.9 Å². The zero-order valence-corrected chi connectivity index (χ0v) is 18.5. The predicted molar refractivity (Wildman–Crippen MR) is 112 cm³/mol. The highest BCUT2D eigenvalue weighted by Crippen LogP contribution is 2.04. The van der Waals surface area contributed by atoms with Gasteiger partial charge in [-0.1, -0.05) is 13.2 Å². The zero-order chi connectivity index (χ0) is 23.8. The molecule has 0 N–H and O–H groups in total. The molecule has 0 aromatic heterocycles. The van der Waals surface area contributed by atoms with Gasteiger partial charge in [-0.15, -0.1) is 0 Å². The summed E-state index contributed by atoms with van der Waals surface area (Å²) < 4.78 is 19.5. The second-order valence-corrected chi connectivity index (χ2v) is 6.71. The van der Waals surface area contributed by atoms with E-state index in [0.29, 0.717) is 26.2 Å². The molecule has 0 saturated heterocycles. The fourth-order valence-corrected chi connectivity index (χ4v) is 1.93. The van der Waals surface area contributed by atoms with Crippen molar-refractivity contribution < 1.29 is 38.1 Å². The van der Waals surface area contributed by atoms with Crippen LogP contribution in [-0.2, 0) is 38.1 Å². The van der Waals surface area contributed by atoms with E-state index in [0.717, 1.165) is 6.08 Å². The number of rotatable bonds is 16. The van der Waals surface area contributed by atoms with Crippen molar-refractivity contribution in [2.45, 2.75) is 19.8 Å². The van der Waals surface area contributed by atoms with Crippen molar-refractivity contribution in [1.82, 2.24) is 9.80 Å². The number of ether oxygens (including phenoxy) is 4. The number of hydrogen-bond donors (Lipinski definition) is 0. The maximum atomic E-state index is 11.8. The van der Waals surface area contributed by atoms with E-state index in [4.69, 9.17) is 14.2 Å². The first-order valence-electron chi connectivity index (χ1n) is 9.64. The van der Waals surface area contributed by atoms with E-state index in [9.17, 15) is 19.2 Å². The molecule has 174 valence electrons. The van der Waals surface area contributed by atoms with E-state index in [1.54, 1.807) is 19.0 Å². The van der Waals surface area contributed by atoms with Crippen molar-refractivity contribution in [2.75, 3.05) is 53.5 Å². The minimum absolute atomic E-state index is 0.0370. The molecule has 0 rings (SSSR count). The molecule has 0 aliphatic rings.